The topological polar surface area (TPSA) is 0 Å². The number of hydrogen-bond acceptors (Lipinski definition) is 0. The molecule has 0 heteroatoms. The Kier molecular flexibility index (Phi) is 3.83. The summed E-state index contributed by atoms with van der Waals surface area (Å²) in [4.78, 5) is 0. The molecule has 0 aliphatic heterocycles. The van der Waals surface area contributed by atoms with Crippen molar-refractivity contribution in [2.24, 2.45) is 5.92 Å². The molecule has 0 N–H and O–H groups in total. The van der Waals surface area contributed by atoms with Crippen LogP contribution in [0.1, 0.15) is 44.7 Å². The molecule has 2 rings (SSSR count). The van der Waals surface area contributed by atoms with Crippen LogP contribution in [0.3, 0.4) is 0 Å². The highest BCUT2D eigenvalue weighted by Gasteiger charge is 2.16. The molecule has 1 atom stereocenters. The second-order valence-corrected chi connectivity index (χ2v) is 4.75. The fourth-order valence-electron chi connectivity index (χ4n) is 2.50. The van der Waals surface area contributed by atoms with E-state index in [4.69, 9.17) is 0 Å². The molecule has 0 radical (unpaired) electrons. The first-order valence-electron chi connectivity index (χ1n) is 6.80. The fourth-order valence-corrected chi connectivity index (χ4v) is 2.50. The zero-order valence-corrected chi connectivity index (χ0v) is 11.2. The first-order valence-corrected chi connectivity index (χ1v) is 6.80. The van der Waals surface area contributed by atoms with Crippen LogP contribution in [-0.2, 0) is 6.42 Å². The van der Waals surface area contributed by atoms with Crippen LogP contribution in [0, 0.1) is 5.92 Å². The van der Waals surface area contributed by atoms with E-state index in [9.17, 15) is 0 Å². The molecule has 1 unspecified atom stereocenters. The maximum absolute atomic E-state index is 2.44. The highest BCUT2D eigenvalue weighted by Crippen LogP contribution is 2.35. The monoisotopic (exact) mass is 226 g/mol. The Labute approximate surface area is 105 Å². The van der Waals surface area contributed by atoms with Crippen molar-refractivity contribution < 1.29 is 0 Å². The Hall–Kier alpha value is -1.30. The van der Waals surface area contributed by atoms with Gasteiger partial charge in [-0.05, 0) is 47.5 Å². The van der Waals surface area contributed by atoms with Gasteiger partial charge in [-0.3, -0.25) is 0 Å². The van der Waals surface area contributed by atoms with Crippen molar-refractivity contribution in [1.29, 1.82) is 0 Å². The van der Waals surface area contributed by atoms with Crippen molar-refractivity contribution in [3.8, 4) is 0 Å². The van der Waals surface area contributed by atoms with Crippen LogP contribution >= 0.6 is 0 Å². The van der Waals surface area contributed by atoms with Crippen molar-refractivity contribution >= 4 is 5.57 Å². The lowest BCUT2D eigenvalue weighted by Crippen LogP contribution is -1.88. The second kappa shape index (κ2) is 5.35. The quantitative estimate of drug-likeness (QED) is 0.677. The molecule has 90 valence electrons. The smallest absolute Gasteiger partial charge is 0.00408 e. The third-order valence-electron chi connectivity index (χ3n) is 3.64. The summed E-state index contributed by atoms with van der Waals surface area (Å²) >= 11 is 0. The van der Waals surface area contributed by atoms with E-state index in [1.54, 1.807) is 0 Å². The lowest BCUT2D eigenvalue weighted by Gasteiger charge is -2.08. The van der Waals surface area contributed by atoms with E-state index in [0.29, 0.717) is 5.92 Å². The van der Waals surface area contributed by atoms with Gasteiger partial charge in [0.15, 0.2) is 0 Å². The Morgan fingerprint density at radius 2 is 1.82 bits per heavy atom. The van der Waals surface area contributed by atoms with Gasteiger partial charge in [-0.15, -0.1) is 0 Å². The summed E-state index contributed by atoms with van der Waals surface area (Å²) in [6.07, 6.45) is 8.34. The zero-order valence-electron chi connectivity index (χ0n) is 11.2. The minimum absolute atomic E-state index is 0.644. The van der Waals surface area contributed by atoms with Crippen molar-refractivity contribution in [2.45, 2.75) is 40.0 Å². The SMILES string of the molecule is CCC1=CC(CC)C=C1c1cccc(CC)c1. The van der Waals surface area contributed by atoms with E-state index < -0.39 is 0 Å². The minimum Gasteiger partial charge on any atom is -0.0738 e. The van der Waals surface area contributed by atoms with Crippen LogP contribution in [0.15, 0.2) is 42.0 Å². The third-order valence-corrected chi connectivity index (χ3v) is 3.64. The summed E-state index contributed by atoms with van der Waals surface area (Å²) in [5.74, 6) is 0.644. The highest BCUT2D eigenvalue weighted by atomic mass is 14.2. The molecule has 0 heterocycles. The van der Waals surface area contributed by atoms with Crippen LogP contribution in [0.2, 0.25) is 0 Å². The molecule has 1 aliphatic carbocycles. The van der Waals surface area contributed by atoms with Gasteiger partial charge in [0.1, 0.15) is 0 Å². The highest BCUT2D eigenvalue weighted by molar-refractivity contribution is 5.82. The van der Waals surface area contributed by atoms with Crippen LogP contribution < -0.4 is 0 Å². The molecule has 1 aromatic carbocycles. The van der Waals surface area contributed by atoms with E-state index in [1.807, 2.05) is 0 Å². The maximum Gasteiger partial charge on any atom is -0.00408 e. The van der Waals surface area contributed by atoms with E-state index in [2.05, 4.69) is 57.2 Å². The lowest BCUT2D eigenvalue weighted by molar-refractivity contribution is 0.781. The van der Waals surface area contributed by atoms with Gasteiger partial charge in [0.25, 0.3) is 0 Å². The van der Waals surface area contributed by atoms with E-state index in [-0.39, 0.29) is 0 Å². The Balaban J connectivity index is 2.36. The first-order chi connectivity index (χ1) is 8.28. The van der Waals surface area contributed by atoms with Crippen LogP contribution in [0.25, 0.3) is 5.57 Å². The second-order valence-electron chi connectivity index (χ2n) is 4.75. The Morgan fingerprint density at radius 3 is 2.47 bits per heavy atom. The summed E-state index contributed by atoms with van der Waals surface area (Å²) < 4.78 is 0. The first kappa shape index (κ1) is 12.2. The largest absolute Gasteiger partial charge is 0.0738 e. The summed E-state index contributed by atoms with van der Waals surface area (Å²) in [5, 5.41) is 0. The molecule has 17 heavy (non-hydrogen) atoms. The zero-order chi connectivity index (χ0) is 12.3. The van der Waals surface area contributed by atoms with Gasteiger partial charge in [0.2, 0.25) is 0 Å². The van der Waals surface area contributed by atoms with Gasteiger partial charge in [-0.1, -0.05) is 57.2 Å². The molecular formula is C17H22. The average molecular weight is 226 g/mol. The third kappa shape index (κ3) is 2.52. The summed E-state index contributed by atoms with van der Waals surface area (Å²) in [6, 6.07) is 8.98. The van der Waals surface area contributed by atoms with Crippen LogP contribution in [0.4, 0.5) is 0 Å². The maximum atomic E-state index is 2.44. The predicted molar refractivity (Wildman–Crippen MR) is 76.0 cm³/mol. The lowest BCUT2D eigenvalue weighted by atomic mass is 9.97. The molecule has 1 aromatic rings. The molecular weight excluding hydrogens is 204 g/mol. The van der Waals surface area contributed by atoms with Gasteiger partial charge in [-0.25, -0.2) is 0 Å². The van der Waals surface area contributed by atoms with Gasteiger partial charge in [0, 0.05) is 0 Å². The molecule has 0 saturated carbocycles. The normalized spacial score (nSPS) is 19.1. The number of hydrogen-bond donors (Lipinski definition) is 0. The molecule has 0 spiro atoms. The van der Waals surface area contributed by atoms with Crippen molar-refractivity contribution in [2.75, 3.05) is 0 Å². The molecule has 0 fully saturated rings. The van der Waals surface area contributed by atoms with E-state index >= 15 is 0 Å². The number of rotatable bonds is 4. The molecule has 0 aromatic heterocycles. The van der Waals surface area contributed by atoms with Gasteiger partial charge < -0.3 is 0 Å². The average Bonchev–Trinajstić information content (AvgIpc) is 2.82. The predicted octanol–water partition coefficient (Wildman–Crippen LogP) is 5.01. The summed E-state index contributed by atoms with van der Waals surface area (Å²) in [7, 11) is 0. The fraction of sp³-hybridized carbons (Fsp3) is 0.412. The Morgan fingerprint density at radius 1 is 1.00 bits per heavy atom. The molecule has 0 bridgehead atoms. The molecule has 1 aliphatic rings. The van der Waals surface area contributed by atoms with Crippen LogP contribution in [-0.4, -0.2) is 0 Å². The van der Waals surface area contributed by atoms with Crippen molar-refractivity contribution in [3.63, 3.8) is 0 Å². The summed E-state index contributed by atoms with van der Waals surface area (Å²) in [6.45, 7) is 6.73. The minimum atomic E-state index is 0.644. The number of aryl methyl sites for hydroxylation is 1. The van der Waals surface area contributed by atoms with Crippen LogP contribution in [0.5, 0.6) is 0 Å². The molecule has 0 amide bonds. The van der Waals surface area contributed by atoms with Gasteiger partial charge in [0.05, 0.1) is 0 Å². The van der Waals surface area contributed by atoms with Crippen molar-refractivity contribution in [1.82, 2.24) is 0 Å². The van der Waals surface area contributed by atoms with E-state index in [1.165, 1.54) is 28.7 Å². The van der Waals surface area contributed by atoms with Gasteiger partial charge in [-0.2, -0.15) is 0 Å². The number of allylic oxidation sites excluding steroid dienone is 4. The summed E-state index contributed by atoms with van der Waals surface area (Å²) in [5.41, 5.74) is 5.81. The number of benzene rings is 1. The molecule has 0 nitrogen and oxygen atoms in total. The van der Waals surface area contributed by atoms with Gasteiger partial charge >= 0.3 is 0 Å². The van der Waals surface area contributed by atoms with Crippen molar-refractivity contribution in [3.05, 3.63) is 53.1 Å². The molecule has 0 saturated heterocycles. The standard InChI is InChI=1S/C17H22/c1-4-13-8-7-9-16(10-13)17-12-14(5-2)11-15(17)6-3/h7-12,14H,4-6H2,1-3H3. The Bertz CT molecular complexity index is 449. The van der Waals surface area contributed by atoms with E-state index in [0.717, 1.165) is 12.8 Å².